The summed E-state index contributed by atoms with van der Waals surface area (Å²) in [7, 11) is 0. The van der Waals surface area contributed by atoms with Crippen molar-refractivity contribution in [2.45, 2.75) is 84.5 Å². The molecule has 6 heteroatoms. The van der Waals surface area contributed by atoms with Crippen LogP contribution in [-0.2, 0) is 19.1 Å². The van der Waals surface area contributed by atoms with E-state index in [0.29, 0.717) is 43.6 Å². The fourth-order valence-corrected chi connectivity index (χ4v) is 4.11. The molecule has 0 aromatic rings. The van der Waals surface area contributed by atoms with Crippen LogP contribution in [0.4, 0.5) is 0 Å². The molecule has 0 amide bonds. The topological polar surface area (TPSA) is 101 Å². The first-order valence-corrected chi connectivity index (χ1v) is 10.4. The van der Waals surface area contributed by atoms with Crippen LogP contribution in [0.5, 0.6) is 0 Å². The maximum atomic E-state index is 12.0. The Morgan fingerprint density at radius 3 is 2.19 bits per heavy atom. The zero-order valence-electron chi connectivity index (χ0n) is 16.8. The Kier molecular flexibility index (Phi) is 11.1. The summed E-state index contributed by atoms with van der Waals surface area (Å²) in [5.41, 5.74) is 0. The second-order valence-corrected chi connectivity index (χ2v) is 8.36. The van der Waals surface area contributed by atoms with Gasteiger partial charge in [0.25, 0.3) is 0 Å². The zero-order valence-corrected chi connectivity index (χ0v) is 16.8. The van der Waals surface area contributed by atoms with Gasteiger partial charge in [0.1, 0.15) is 0 Å². The van der Waals surface area contributed by atoms with Gasteiger partial charge in [-0.05, 0) is 68.6 Å². The molecular formula is C21H36O6. The van der Waals surface area contributed by atoms with E-state index in [9.17, 15) is 14.4 Å². The van der Waals surface area contributed by atoms with Gasteiger partial charge >= 0.3 is 17.9 Å². The van der Waals surface area contributed by atoms with Crippen molar-refractivity contribution >= 4 is 17.9 Å². The number of hydrogen-bond donors (Lipinski definition) is 2. The maximum absolute atomic E-state index is 12.0. The van der Waals surface area contributed by atoms with Crippen molar-refractivity contribution in [2.75, 3.05) is 6.61 Å². The molecule has 1 fully saturated rings. The van der Waals surface area contributed by atoms with Crippen molar-refractivity contribution in [1.29, 1.82) is 0 Å². The SMILES string of the molecule is CC(C)CCCOC(=O)CCC1CCC(CCC(=O)O)CC1CCC(=O)O. The highest BCUT2D eigenvalue weighted by Gasteiger charge is 2.31. The molecule has 6 nitrogen and oxygen atoms in total. The standard InChI is InChI=1S/C21H36O6/c1-15(2)4-3-13-27-21(26)12-9-17-7-5-16(6-10-19(22)23)14-18(17)8-11-20(24)25/h15-18H,3-14H2,1-2H3,(H,22,23)(H,24,25). The molecule has 1 rings (SSSR count). The fourth-order valence-electron chi connectivity index (χ4n) is 4.11. The summed E-state index contributed by atoms with van der Waals surface area (Å²) in [5, 5.41) is 17.9. The van der Waals surface area contributed by atoms with Gasteiger partial charge in [-0.25, -0.2) is 0 Å². The average molecular weight is 385 g/mol. The lowest BCUT2D eigenvalue weighted by molar-refractivity contribution is -0.144. The number of esters is 1. The van der Waals surface area contributed by atoms with Gasteiger partial charge in [-0.3, -0.25) is 14.4 Å². The lowest BCUT2D eigenvalue weighted by Crippen LogP contribution is -2.27. The highest BCUT2D eigenvalue weighted by atomic mass is 16.5. The first-order valence-electron chi connectivity index (χ1n) is 10.4. The van der Waals surface area contributed by atoms with Crippen LogP contribution in [0.1, 0.15) is 84.5 Å². The third-order valence-electron chi connectivity index (χ3n) is 5.65. The third-order valence-corrected chi connectivity index (χ3v) is 5.65. The van der Waals surface area contributed by atoms with E-state index in [1.165, 1.54) is 0 Å². The summed E-state index contributed by atoms with van der Waals surface area (Å²) in [6, 6.07) is 0. The number of carboxylic acids is 2. The van der Waals surface area contributed by atoms with Gasteiger partial charge < -0.3 is 14.9 Å². The zero-order chi connectivity index (χ0) is 20.2. The summed E-state index contributed by atoms with van der Waals surface area (Å²) < 4.78 is 5.30. The number of rotatable bonds is 13. The van der Waals surface area contributed by atoms with Crippen LogP contribution in [0.15, 0.2) is 0 Å². The monoisotopic (exact) mass is 384 g/mol. The van der Waals surface area contributed by atoms with Gasteiger partial charge in [0.15, 0.2) is 0 Å². The first-order chi connectivity index (χ1) is 12.8. The van der Waals surface area contributed by atoms with Crippen LogP contribution >= 0.6 is 0 Å². The van der Waals surface area contributed by atoms with E-state index >= 15 is 0 Å². The largest absolute Gasteiger partial charge is 0.481 e. The Bertz CT molecular complexity index is 473. The Morgan fingerprint density at radius 2 is 1.56 bits per heavy atom. The number of carboxylic acid groups (broad SMARTS) is 2. The number of ether oxygens (including phenoxy) is 1. The third kappa shape index (κ3) is 11.0. The van der Waals surface area contributed by atoms with Gasteiger partial charge in [0, 0.05) is 19.3 Å². The summed E-state index contributed by atoms with van der Waals surface area (Å²) in [4.78, 5) is 33.7. The lowest BCUT2D eigenvalue weighted by Gasteiger charge is -2.36. The second kappa shape index (κ2) is 12.7. The van der Waals surface area contributed by atoms with Crippen molar-refractivity contribution in [3.63, 3.8) is 0 Å². The van der Waals surface area contributed by atoms with Crippen LogP contribution in [0, 0.1) is 23.7 Å². The average Bonchev–Trinajstić information content (AvgIpc) is 2.60. The molecule has 0 bridgehead atoms. The highest BCUT2D eigenvalue weighted by molar-refractivity contribution is 5.69. The summed E-state index contributed by atoms with van der Waals surface area (Å²) in [6.45, 7) is 4.76. The molecule has 156 valence electrons. The minimum absolute atomic E-state index is 0.131. The quantitative estimate of drug-likeness (QED) is 0.358. The molecule has 0 saturated heterocycles. The molecule has 0 aromatic heterocycles. The molecule has 0 aromatic carbocycles. The number of carbonyl (C=O) groups excluding carboxylic acids is 1. The Morgan fingerprint density at radius 1 is 0.926 bits per heavy atom. The Labute approximate surface area is 162 Å². The molecule has 0 radical (unpaired) electrons. The van der Waals surface area contributed by atoms with Crippen LogP contribution in [0.25, 0.3) is 0 Å². The van der Waals surface area contributed by atoms with Crippen LogP contribution in [0.3, 0.4) is 0 Å². The van der Waals surface area contributed by atoms with Crippen molar-refractivity contribution in [2.24, 2.45) is 23.7 Å². The van der Waals surface area contributed by atoms with E-state index in [4.69, 9.17) is 14.9 Å². The van der Waals surface area contributed by atoms with Crippen LogP contribution in [-0.4, -0.2) is 34.7 Å². The van der Waals surface area contributed by atoms with E-state index in [1.807, 2.05) is 0 Å². The second-order valence-electron chi connectivity index (χ2n) is 8.36. The van der Waals surface area contributed by atoms with Gasteiger partial charge in [-0.1, -0.05) is 20.3 Å². The molecule has 3 unspecified atom stereocenters. The summed E-state index contributed by atoms with van der Waals surface area (Å²) >= 11 is 0. The van der Waals surface area contributed by atoms with Crippen molar-refractivity contribution in [1.82, 2.24) is 0 Å². The van der Waals surface area contributed by atoms with Crippen molar-refractivity contribution < 1.29 is 29.3 Å². The van der Waals surface area contributed by atoms with Crippen LogP contribution < -0.4 is 0 Å². The first kappa shape index (κ1) is 23.4. The van der Waals surface area contributed by atoms with Gasteiger partial charge in [0.05, 0.1) is 6.61 Å². The smallest absolute Gasteiger partial charge is 0.305 e. The molecule has 0 heterocycles. The molecule has 1 aliphatic carbocycles. The number of aliphatic carboxylic acids is 2. The molecule has 0 spiro atoms. The minimum atomic E-state index is -0.800. The van der Waals surface area contributed by atoms with E-state index in [2.05, 4.69) is 13.8 Å². The lowest BCUT2D eigenvalue weighted by atomic mass is 9.69. The van der Waals surface area contributed by atoms with Crippen molar-refractivity contribution in [3.8, 4) is 0 Å². The Hall–Kier alpha value is -1.59. The predicted octanol–water partition coefficient (Wildman–Crippen LogP) is 4.51. The molecular weight excluding hydrogens is 348 g/mol. The highest BCUT2D eigenvalue weighted by Crippen LogP contribution is 2.40. The molecule has 0 aliphatic heterocycles. The van der Waals surface area contributed by atoms with Crippen molar-refractivity contribution in [3.05, 3.63) is 0 Å². The molecule has 2 N–H and O–H groups in total. The van der Waals surface area contributed by atoms with Gasteiger partial charge in [-0.15, -0.1) is 0 Å². The number of carbonyl (C=O) groups is 3. The van der Waals surface area contributed by atoms with E-state index < -0.39 is 11.9 Å². The molecule has 27 heavy (non-hydrogen) atoms. The predicted molar refractivity (Wildman–Crippen MR) is 102 cm³/mol. The minimum Gasteiger partial charge on any atom is -0.481 e. The molecule has 3 atom stereocenters. The van der Waals surface area contributed by atoms with E-state index in [-0.39, 0.29) is 24.7 Å². The van der Waals surface area contributed by atoms with Gasteiger partial charge in [0.2, 0.25) is 0 Å². The molecule has 1 aliphatic rings. The fraction of sp³-hybridized carbons (Fsp3) is 0.857. The molecule has 1 saturated carbocycles. The number of hydrogen-bond acceptors (Lipinski definition) is 4. The Balaban J connectivity index is 2.42. The van der Waals surface area contributed by atoms with E-state index in [0.717, 1.165) is 38.5 Å². The summed E-state index contributed by atoms with van der Waals surface area (Å²) in [5.74, 6) is -0.209. The normalized spacial score (nSPS) is 22.6. The summed E-state index contributed by atoms with van der Waals surface area (Å²) in [6.07, 6.45) is 7.39. The maximum Gasteiger partial charge on any atom is 0.305 e. The van der Waals surface area contributed by atoms with Gasteiger partial charge in [-0.2, -0.15) is 0 Å². The van der Waals surface area contributed by atoms with E-state index in [1.54, 1.807) is 0 Å². The van der Waals surface area contributed by atoms with Crippen LogP contribution in [0.2, 0.25) is 0 Å².